The van der Waals surface area contributed by atoms with E-state index in [0.29, 0.717) is 0 Å². The zero-order valence-corrected chi connectivity index (χ0v) is 14.2. The molecular weight excluding hydrogens is 353 g/mol. The van der Waals surface area contributed by atoms with Crippen LogP contribution in [0.15, 0.2) is 18.2 Å². The molecule has 25 heavy (non-hydrogen) atoms. The number of fused-ring (bicyclic) bond motifs is 5. The summed E-state index contributed by atoms with van der Waals surface area (Å²) in [6.45, 7) is 1.93. The third kappa shape index (κ3) is 2.02. The topological polar surface area (TPSA) is 61.2 Å². The summed E-state index contributed by atoms with van der Waals surface area (Å²) >= 11 is 0. The Labute approximate surface area is 144 Å². The SMILES string of the molecule is C[C@]12[C@H]3[CH]C[C@H](C3)[C@@H]1CN(c1ccc(C#N)c(C(F)(F)F)c1)S2(=O)=O. The van der Waals surface area contributed by atoms with E-state index in [4.69, 9.17) is 5.26 Å². The molecule has 0 spiro atoms. The first kappa shape index (κ1) is 16.7. The van der Waals surface area contributed by atoms with Crippen molar-refractivity contribution in [1.82, 2.24) is 0 Å². The van der Waals surface area contributed by atoms with Gasteiger partial charge in [-0.15, -0.1) is 0 Å². The molecule has 133 valence electrons. The van der Waals surface area contributed by atoms with Crippen molar-refractivity contribution >= 4 is 15.7 Å². The summed E-state index contributed by atoms with van der Waals surface area (Å²) in [6.07, 6.45) is -0.954. The zero-order chi connectivity index (χ0) is 18.2. The third-order valence-corrected chi connectivity index (χ3v) is 8.90. The van der Waals surface area contributed by atoms with Crippen molar-refractivity contribution < 1.29 is 21.6 Å². The molecule has 1 aliphatic heterocycles. The maximum Gasteiger partial charge on any atom is 0.417 e. The smallest absolute Gasteiger partial charge is 0.269 e. The van der Waals surface area contributed by atoms with Crippen LogP contribution in [0.25, 0.3) is 0 Å². The van der Waals surface area contributed by atoms with Crippen molar-refractivity contribution in [3.8, 4) is 6.07 Å². The predicted octanol–water partition coefficient (Wildman–Crippen LogP) is 3.35. The molecule has 0 N–H and O–H groups in total. The molecule has 2 bridgehead atoms. The summed E-state index contributed by atoms with van der Waals surface area (Å²) in [5, 5.41) is 8.90. The van der Waals surface area contributed by atoms with E-state index in [9.17, 15) is 21.6 Å². The number of alkyl halides is 3. The number of halogens is 3. The molecule has 1 aromatic carbocycles. The number of sulfonamides is 1. The van der Waals surface area contributed by atoms with Crippen LogP contribution in [-0.2, 0) is 16.2 Å². The number of hydrogen-bond donors (Lipinski definition) is 0. The van der Waals surface area contributed by atoms with Gasteiger partial charge in [0, 0.05) is 12.5 Å². The lowest BCUT2D eigenvalue weighted by Gasteiger charge is -2.33. The highest BCUT2D eigenvalue weighted by atomic mass is 32.2. The van der Waals surface area contributed by atoms with Crippen LogP contribution in [0.2, 0.25) is 0 Å². The van der Waals surface area contributed by atoms with E-state index < -0.39 is 32.1 Å². The van der Waals surface area contributed by atoms with Crippen molar-refractivity contribution in [2.75, 3.05) is 10.8 Å². The maximum atomic E-state index is 13.2. The molecule has 2 saturated carbocycles. The Morgan fingerprint density at radius 1 is 1.36 bits per heavy atom. The Hall–Kier alpha value is -1.75. The Kier molecular flexibility index (Phi) is 3.28. The van der Waals surface area contributed by atoms with Crippen LogP contribution in [0, 0.1) is 35.5 Å². The van der Waals surface area contributed by atoms with E-state index in [0.717, 1.165) is 29.3 Å². The van der Waals surface area contributed by atoms with Gasteiger partial charge >= 0.3 is 6.18 Å². The minimum absolute atomic E-state index is 0.0126. The van der Waals surface area contributed by atoms with Gasteiger partial charge in [-0.2, -0.15) is 18.4 Å². The standard InChI is InChI=1S/C17H16F3N2O2S/c1-16-12-4-2-10(6-12)15(16)9-22(25(16,23)24)13-5-3-11(8-21)14(7-13)17(18,19)20/h3-5,7,10,12,15H,2,6,9H2,1H3/t10-,12+,15+,16+/m1/s1. The monoisotopic (exact) mass is 369 g/mol. The van der Waals surface area contributed by atoms with Crippen molar-refractivity contribution in [1.29, 1.82) is 5.26 Å². The molecule has 0 amide bonds. The normalized spacial score (nSPS) is 35.6. The number of hydrogen-bond acceptors (Lipinski definition) is 3. The molecule has 4 rings (SSSR count). The quantitative estimate of drug-likeness (QED) is 0.763. The first-order valence-corrected chi connectivity index (χ1v) is 9.51. The minimum atomic E-state index is -4.71. The van der Waals surface area contributed by atoms with E-state index in [-0.39, 0.29) is 30.0 Å². The summed E-state index contributed by atoms with van der Waals surface area (Å²) in [4.78, 5) is 0. The molecule has 1 saturated heterocycles. The van der Waals surface area contributed by atoms with E-state index in [1.54, 1.807) is 6.92 Å². The van der Waals surface area contributed by atoms with Gasteiger partial charge in [0.25, 0.3) is 0 Å². The highest BCUT2D eigenvalue weighted by Gasteiger charge is 2.68. The van der Waals surface area contributed by atoms with Gasteiger partial charge in [0.15, 0.2) is 0 Å². The molecule has 1 heterocycles. The summed E-state index contributed by atoms with van der Waals surface area (Å²) in [6, 6.07) is 4.64. The van der Waals surface area contributed by atoms with Crippen LogP contribution in [-0.4, -0.2) is 19.7 Å². The fourth-order valence-corrected chi connectivity index (χ4v) is 7.34. The molecule has 4 atom stereocenters. The lowest BCUT2D eigenvalue weighted by molar-refractivity contribution is -0.137. The summed E-state index contributed by atoms with van der Waals surface area (Å²) in [5.74, 6) is 0.158. The second-order valence-corrected chi connectivity index (χ2v) is 9.51. The number of rotatable bonds is 1. The van der Waals surface area contributed by atoms with Crippen molar-refractivity contribution in [2.45, 2.75) is 30.7 Å². The molecule has 3 fully saturated rings. The molecule has 8 heteroatoms. The van der Waals surface area contributed by atoms with Crippen LogP contribution < -0.4 is 4.31 Å². The lowest BCUT2D eigenvalue weighted by Crippen LogP contribution is -2.44. The zero-order valence-electron chi connectivity index (χ0n) is 13.4. The second kappa shape index (κ2) is 4.91. The van der Waals surface area contributed by atoms with Crippen LogP contribution in [0.1, 0.15) is 30.9 Å². The first-order valence-electron chi connectivity index (χ1n) is 8.07. The Morgan fingerprint density at radius 3 is 2.68 bits per heavy atom. The van der Waals surface area contributed by atoms with Crippen molar-refractivity contribution in [3.05, 3.63) is 35.7 Å². The Bertz CT molecular complexity index is 890. The summed E-state index contributed by atoms with van der Waals surface area (Å²) in [5.41, 5.74) is -1.62. The average molecular weight is 369 g/mol. The minimum Gasteiger partial charge on any atom is -0.269 e. The van der Waals surface area contributed by atoms with Crippen molar-refractivity contribution in [3.63, 3.8) is 0 Å². The van der Waals surface area contributed by atoms with E-state index in [2.05, 4.69) is 0 Å². The number of nitrogens with zero attached hydrogens (tertiary/aromatic N) is 2. The number of benzene rings is 1. The van der Waals surface area contributed by atoms with Gasteiger partial charge in [-0.3, -0.25) is 4.31 Å². The van der Waals surface area contributed by atoms with Gasteiger partial charge in [-0.05, 0) is 56.2 Å². The summed E-state index contributed by atoms with van der Waals surface area (Å²) < 4.78 is 66.1. The van der Waals surface area contributed by atoms with Gasteiger partial charge in [-0.1, -0.05) is 0 Å². The van der Waals surface area contributed by atoms with Gasteiger partial charge in [0.1, 0.15) is 0 Å². The van der Waals surface area contributed by atoms with Crippen molar-refractivity contribution in [2.24, 2.45) is 17.8 Å². The lowest BCUT2D eigenvalue weighted by atomic mass is 9.79. The first-order chi connectivity index (χ1) is 11.6. The van der Waals surface area contributed by atoms with Gasteiger partial charge in [-0.25, -0.2) is 8.42 Å². The van der Waals surface area contributed by atoms with Crippen LogP contribution in [0.3, 0.4) is 0 Å². The highest BCUT2D eigenvalue weighted by Crippen LogP contribution is 2.61. The molecule has 1 radical (unpaired) electrons. The number of anilines is 1. The van der Waals surface area contributed by atoms with Crippen LogP contribution >= 0.6 is 0 Å². The van der Waals surface area contributed by atoms with Gasteiger partial charge < -0.3 is 0 Å². The fraction of sp³-hybridized carbons (Fsp3) is 0.529. The van der Waals surface area contributed by atoms with Gasteiger partial charge in [0.05, 0.1) is 27.6 Å². The molecular formula is C17H16F3N2O2S. The predicted molar refractivity (Wildman–Crippen MR) is 84.8 cm³/mol. The number of nitriles is 1. The molecule has 0 unspecified atom stereocenters. The average Bonchev–Trinajstić information content (AvgIpc) is 3.17. The van der Waals surface area contributed by atoms with E-state index in [1.807, 2.05) is 6.42 Å². The van der Waals surface area contributed by atoms with Crippen LogP contribution in [0.4, 0.5) is 18.9 Å². The molecule has 1 aromatic rings. The molecule has 2 aliphatic carbocycles. The second-order valence-electron chi connectivity index (χ2n) is 7.24. The summed E-state index contributed by atoms with van der Waals surface area (Å²) in [7, 11) is -3.78. The highest BCUT2D eigenvalue weighted by molar-refractivity contribution is 7.94. The fourth-order valence-electron chi connectivity index (χ4n) is 4.89. The Balaban J connectivity index is 1.81. The van der Waals surface area contributed by atoms with Crippen LogP contribution in [0.5, 0.6) is 0 Å². The Morgan fingerprint density at radius 2 is 2.08 bits per heavy atom. The largest absolute Gasteiger partial charge is 0.417 e. The molecule has 4 nitrogen and oxygen atoms in total. The molecule has 0 aromatic heterocycles. The maximum absolute atomic E-state index is 13.2. The molecule has 3 aliphatic rings. The van der Waals surface area contributed by atoms with Gasteiger partial charge in [0.2, 0.25) is 10.0 Å². The third-order valence-electron chi connectivity index (χ3n) is 6.25. The van der Waals surface area contributed by atoms with E-state index >= 15 is 0 Å². The van der Waals surface area contributed by atoms with E-state index in [1.165, 1.54) is 12.1 Å².